The Balaban J connectivity index is 2.13. The molecule has 0 aliphatic heterocycles. The molecule has 2 aromatic carbocycles. The van der Waals surface area contributed by atoms with Crippen LogP contribution in [0.5, 0.6) is 5.75 Å². The monoisotopic (exact) mass is 295 g/mol. The van der Waals surface area contributed by atoms with E-state index in [0.29, 0.717) is 24.9 Å². The minimum atomic E-state index is -4.68. The van der Waals surface area contributed by atoms with Crippen molar-refractivity contribution in [3.05, 3.63) is 65.2 Å². The molecule has 0 bridgehead atoms. The normalized spacial score (nSPS) is 11.4. The number of hydrogen-bond acceptors (Lipinski definition) is 2. The van der Waals surface area contributed by atoms with Gasteiger partial charge >= 0.3 is 6.36 Å². The van der Waals surface area contributed by atoms with E-state index in [9.17, 15) is 13.2 Å². The van der Waals surface area contributed by atoms with Crippen LogP contribution in [0.2, 0.25) is 0 Å². The van der Waals surface area contributed by atoms with Gasteiger partial charge in [0.2, 0.25) is 0 Å². The molecule has 0 unspecified atom stereocenters. The Bertz CT molecular complexity index is 596. The first-order valence-corrected chi connectivity index (χ1v) is 6.60. The number of alkyl halides is 3. The van der Waals surface area contributed by atoms with Gasteiger partial charge in [0, 0.05) is 6.54 Å². The first-order valence-electron chi connectivity index (χ1n) is 6.60. The van der Waals surface area contributed by atoms with E-state index in [2.05, 4.69) is 4.74 Å². The summed E-state index contributed by atoms with van der Waals surface area (Å²) in [7, 11) is 0. The fraction of sp³-hybridized carbons (Fsp3) is 0.250. The number of nitrogens with two attached hydrogens (primary N) is 1. The number of benzene rings is 2. The van der Waals surface area contributed by atoms with Crippen molar-refractivity contribution in [3.63, 3.8) is 0 Å². The SMILES string of the molecule is NCc1ccccc1CCc1ccccc1OC(F)(F)F. The van der Waals surface area contributed by atoms with Crippen LogP contribution in [-0.4, -0.2) is 6.36 Å². The predicted molar refractivity (Wildman–Crippen MR) is 74.9 cm³/mol. The van der Waals surface area contributed by atoms with Gasteiger partial charge in [0.15, 0.2) is 0 Å². The Hall–Kier alpha value is -2.01. The Morgan fingerprint density at radius 1 is 0.810 bits per heavy atom. The molecule has 0 atom stereocenters. The molecule has 21 heavy (non-hydrogen) atoms. The molecule has 0 heterocycles. The summed E-state index contributed by atoms with van der Waals surface area (Å²) in [6, 6.07) is 13.9. The second-order valence-electron chi connectivity index (χ2n) is 4.63. The Kier molecular flexibility index (Phi) is 4.85. The molecule has 2 rings (SSSR count). The summed E-state index contributed by atoms with van der Waals surface area (Å²) in [5, 5.41) is 0. The first kappa shape index (κ1) is 15.4. The topological polar surface area (TPSA) is 35.2 Å². The molecule has 0 spiro atoms. The number of para-hydroxylation sites is 1. The van der Waals surface area contributed by atoms with E-state index in [1.165, 1.54) is 12.1 Å². The third-order valence-corrected chi connectivity index (χ3v) is 3.20. The van der Waals surface area contributed by atoms with Crippen LogP contribution >= 0.6 is 0 Å². The highest BCUT2D eigenvalue weighted by atomic mass is 19.4. The Morgan fingerprint density at radius 2 is 1.33 bits per heavy atom. The second-order valence-corrected chi connectivity index (χ2v) is 4.63. The molecule has 2 aromatic rings. The molecule has 0 aliphatic rings. The van der Waals surface area contributed by atoms with Crippen LogP contribution in [0.25, 0.3) is 0 Å². The number of halogens is 3. The minimum absolute atomic E-state index is 0.143. The van der Waals surface area contributed by atoms with Crippen LogP contribution in [0, 0.1) is 0 Å². The molecule has 0 amide bonds. The zero-order valence-electron chi connectivity index (χ0n) is 11.4. The van der Waals surface area contributed by atoms with E-state index in [1.807, 2.05) is 24.3 Å². The molecule has 5 heteroatoms. The van der Waals surface area contributed by atoms with Crippen molar-refractivity contribution < 1.29 is 17.9 Å². The maximum absolute atomic E-state index is 12.4. The fourth-order valence-electron chi connectivity index (χ4n) is 2.20. The average Bonchev–Trinajstić information content (AvgIpc) is 2.45. The lowest BCUT2D eigenvalue weighted by molar-refractivity contribution is -0.274. The molecule has 2 N–H and O–H groups in total. The molecule has 0 aromatic heterocycles. The van der Waals surface area contributed by atoms with Crippen molar-refractivity contribution in [3.8, 4) is 5.75 Å². The fourth-order valence-corrected chi connectivity index (χ4v) is 2.20. The highest BCUT2D eigenvalue weighted by Crippen LogP contribution is 2.27. The summed E-state index contributed by atoms with van der Waals surface area (Å²) in [4.78, 5) is 0. The van der Waals surface area contributed by atoms with Gasteiger partial charge in [0.05, 0.1) is 0 Å². The largest absolute Gasteiger partial charge is 0.573 e. The molecule has 2 nitrogen and oxygen atoms in total. The third kappa shape index (κ3) is 4.49. The molecule has 0 saturated carbocycles. The van der Waals surface area contributed by atoms with E-state index >= 15 is 0 Å². The van der Waals surface area contributed by atoms with Gasteiger partial charge in [0.1, 0.15) is 5.75 Å². The van der Waals surface area contributed by atoms with Crippen molar-refractivity contribution in [1.82, 2.24) is 0 Å². The van der Waals surface area contributed by atoms with Gasteiger partial charge in [0.25, 0.3) is 0 Å². The number of rotatable bonds is 5. The lowest BCUT2D eigenvalue weighted by Gasteiger charge is -2.13. The lowest BCUT2D eigenvalue weighted by Crippen LogP contribution is -2.18. The average molecular weight is 295 g/mol. The van der Waals surface area contributed by atoms with Gasteiger partial charge in [-0.25, -0.2) is 0 Å². The van der Waals surface area contributed by atoms with Crippen LogP contribution in [0.4, 0.5) is 13.2 Å². The summed E-state index contributed by atoms with van der Waals surface area (Å²) in [6.07, 6.45) is -3.60. The quantitative estimate of drug-likeness (QED) is 0.910. The number of ether oxygens (including phenoxy) is 1. The van der Waals surface area contributed by atoms with Crippen LogP contribution in [0.3, 0.4) is 0 Å². The maximum Gasteiger partial charge on any atom is 0.573 e. The van der Waals surface area contributed by atoms with Crippen LogP contribution in [0.15, 0.2) is 48.5 Å². The standard InChI is InChI=1S/C16H16F3NO/c17-16(18,19)21-15-8-4-3-6-13(15)10-9-12-5-1-2-7-14(12)11-20/h1-8H,9-11,20H2. The predicted octanol–water partition coefficient (Wildman–Crippen LogP) is 3.83. The molecule has 0 radical (unpaired) electrons. The van der Waals surface area contributed by atoms with Crippen molar-refractivity contribution in [1.29, 1.82) is 0 Å². The third-order valence-electron chi connectivity index (χ3n) is 3.20. The molecular weight excluding hydrogens is 279 g/mol. The summed E-state index contributed by atoms with van der Waals surface area (Å²) >= 11 is 0. The summed E-state index contributed by atoms with van der Waals surface area (Å²) in [6.45, 7) is 0.414. The van der Waals surface area contributed by atoms with Gasteiger partial charge in [-0.15, -0.1) is 13.2 Å². The first-order chi connectivity index (χ1) is 9.99. The van der Waals surface area contributed by atoms with Crippen LogP contribution in [0.1, 0.15) is 16.7 Å². The van der Waals surface area contributed by atoms with Crippen LogP contribution < -0.4 is 10.5 Å². The van der Waals surface area contributed by atoms with Crippen LogP contribution in [-0.2, 0) is 19.4 Å². The van der Waals surface area contributed by atoms with E-state index < -0.39 is 6.36 Å². The van der Waals surface area contributed by atoms with E-state index in [1.54, 1.807) is 12.1 Å². The van der Waals surface area contributed by atoms with Gasteiger partial charge in [-0.3, -0.25) is 0 Å². The smallest absolute Gasteiger partial charge is 0.406 e. The van der Waals surface area contributed by atoms with Gasteiger partial charge in [-0.1, -0.05) is 42.5 Å². The van der Waals surface area contributed by atoms with E-state index in [4.69, 9.17) is 5.73 Å². The van der Waals surface area contributed by atoms with Gasteiger partial charge in [-0.2, -0.15) is 0 Å². The lowest BCUT2D eigenvalue weighted by atomic mass is 9.99. The zero-order valence-corrected chi connectivity index (χ0v) is 11.4. The number of hydrogen-bond donors (Lipinski definition) is 1. The number of aryl methyl sites for hydroxylation is 2. The minimum Gasteiger partial charge on any atom is -0.406 e. The summed E-state index contributed by atoms with van der Waals surface area (Å²) in [5.74, 6) is -0.143. The Morgan fingerprint density at radius 3 is 1.95 bits per heavy atom. The molecule has 112 valence electrons. The highest BCUT2D eigenvalue weighted by Gasteiger charge is 2.31. The van der Waals surface area contributed by atoms with Gasteiger partial charge < -0.3 is 10.5 Å². The van der Waals surface area contributed by atoms with Crippen molar-refractivity contribution >= 4 is 0 Å². The highest BCUT2D eigenvalue weighted by molar-refractivity contribution is 5.35. The van der Waals surface area contributed by atoms with E-state index in [-0.39, 0.29) is 5.75 Å². The second kappa shape index (κ2) is 6.63. The Labute approximate surface area is 121 Å². The van der Waals surface area contributed by atoms with Gasteiger partial charge in [-0.05, 0) is 35.6 Å². The van der Waals surface area contributed by atoms with Crippen molar-refractivity contribution in [2.24, 2.45) is 5.73 Å². The molecule has 0 saturated heterocycles. The molecule has 0 fully saturated rings. The van der Waals surface area contributed by atoms with Crippen molar-refractivity contribution in [2.45, 2.75) is 25.7 Å². The molecule has 0 aliphatic carbocycles. The van der Waals surface area contributed by atoms with E-state index in [0.717, 1.165) is 11.1 Å². The summed E-state index contributed by atoms with van der Waals surface area (Å²) in [5.41, 5.74) is 8.24. The van der Waals surface area contributed by atoms with Crippen molar-refractivity contribution in [2.75, 3.05) is 0 Å². The summed E-state index contributed by atoms with van der Waals surface area (Å²) < 4.78 is 41.1. The zero-order chi connectivity index (χ0) is 15.3. The molecular formula is C16H16F3NO. The maximum atomic E-state index is 12.4.